The molecule has 5 nitrogen and oxygen atoms in total. The highest BCUT2D eigenvalue weighted by atomic mass is 15.2. The molecule has 102 valence electrons. The molecule has 1 aromatic carbocycles. The van der Waals surface area contributed by atoms with E-state index in [-0.39, 0.29) is 0 Å². The molecule has 2 heterocycles. The lowest BCUT2D eigenvalue weighted by Crippen LogP contribution is -2.05. The van der Waals surface area contributed by atoms with Crippen molar-refractivity contribution >= 4 is 16.9 Å². The van der Waals surface area contributed by atoms with E-state index in [0.717, 1.165) is 29.4 Å². The number of aryl methyl sites for hydroxylation is 1. The number of benzene rings is 1. The first-order chi connectivity index (χ1) is 9.81. The molecule has 20 heavy (non-hydrogen) atoms. The van der Waals surface area contributed by atoms with E-state index in [4.69, 9.17) is 4.98 Å². The van der Waals surface area contributed by atoms with E-state index in [9.17, 15) is 0 Å². The fourth-order valence-corrected chi connectivity index (χ4v) is 2.36. The Morgan fingerprint density at radius 2 is 1.95 bits per heavy atom. The lowest BCUT2D eigenvalue weighted by molar-refractivity contribution is 0.725. The van der Waals surface area contributed by atoms with Crippen molar-refractivity contribution in [3.05, 3.63) is 47.9 Å². The van der Waals surface area contributed by atoms with Crippen LogP contribution in [0.1, 0.15) is 18.4 Å². The summed E-state index contributed by atoms with van der Waals surface area (Å²) in [5, 5.41) is 11.3. The molecule has 0 aliphatic carbocycles. The largest absolute Gasteiger partial charge is 0.372 e. The number of hydrogen-bond acceptors (Lipinski definition) is 4. The van der Waals surface area contributed by atoms with Gasteiger partial charge in [-0.25, -0.2) is 4.98 Å². The molecular formula is C15H17N5. The van der Waals surface area contributed by atoms with Crippen LogP contribution in [0.2, 0.25) is 0 Å². The highest BCUT2D eigenvalue weighted by Gasteiger charge is 2.10. The number of fused-ring (bicyclic) bond motifs is 1. The summed E-state index contributed by atoms with van der Waals surface area (Å²) in [6, 6.07) is 12.1. The number of imidazole rings is 1. The fourth-order valence-electron chi connectivity index (χ4n) is 2.36. The molecule has 0 saturated heterocycles. The Morgan fingerprint density at radius 3 is 2.65 bits per heavy atom. The van der Waals surface area contributed by atoms with E-state index in [0.29, 0.717) is 6.42 Å². The number of hydrogen-bond donors (Lipinski definition) is 1. The lowest BCUT2D eigenvalue weighted by atomic mass is 10.2. The molecule has 0 atom stereocenters. The van der Waals surface area contributed by atoms with Crippen LogP contribution < -0.4 is 5.32 Å². The molecule has 0 amide bonds. The van der Waals surface area contributed by atoms with E-state index in [2.05, 4.69) is 33.1 Å². The van der Waals surface area contributed by atoms with Crippen molar-refractivity contribution in [2.24, 2.45) is 0 Å². The molecule has 0 aliphatic heterocycles. The Kier molecular flexibility index (Phi) is 3.33. The number of nitrogens with zero attached hydrogens (tertiary/aromatic N) is 4. The predicted molar refractivity (Wildman–Crippen MR) is 79.8 cm³/mol. The summed E-state index contributed by atoms with van der Waals surface area (Å²) >= 11 is 0. The molecule has 0 spiro atoms. The average Bonchev–Trinajstić information content (AvgIpc) is 2.85. The molecule has 0 bridgehead atoms. The maximum Gasteiger partial charge on any atom is 0.148 e. The van der Waals surface area contributed by atoms with Gasteiger partial charge in [0.2, 0.25) is 0 Å². The van der Waals surface area contributed by atoms with Crippen LogP contribution in [0, 0.1) is 0 Å². The Bertz CT molecular complexity index is 715. The third-order valence-corrected chi connectivity index (χ3v) is 3.36. The van der Waals surface area contributed by atoms with Crippen molar-refractivity contribution in [2.75, 3.05) is 12.4 Å². The van der Waals surface area contributed by atoms with Crippen molar-refractivity contribution in [1.82, 2.24) is 19.7 Å². The molecule has 3 aromatic rings. The van der Waals surface area contributed by atoms with Gasteiger partial charge in [-0.3, -0.25) is 0 Å². The van der Waals surface area contributed by atoms with Gasteiger partial charge in [-0.05, 0) is 31.2 Å². The number of rotatable bonds is 4. The highest BCUT2D eigenvalue weighted by molar-refractivity contribution is 5.75. The number of para-hydroxylation sites is 2. The maximum absolute atomic E-state index is 4.70. The van der Waals surface area contributed by atoms with Gasteiger partial charge in [-0.2, -0.15) is 5.10 Å². The van der Waals surface area contributed by atoms with Crippen LogP contribution >= 0.6 is 0 Å². The summed E-state index contributed by atoms with van der Waals surface area (Å²) in [7, 11) is 1.83. The first-order valence-electron chi connectivity index (χ1n) is 6.76. The van der Waals surface area contributed by atoms with E-state index < -0.39 is 0 Å². The molecule has 0 saturated carbocycles. The Morgan fingerprint density at radius 1 is 1.10 bits per heavy atom. The summed E-state index contributed by atoms with van der Waals surface area (Å²) in [6.07, 6.45) is 0.694. The van der Waals surface area contributed by atoms with Crippen LogP contribution in [-0.2, 0) is 13.0 Å². The van der Waals surface area contributed by atoms with Crippen molar-refractivity contribution < 1.29 is 0 Å². The third kappa shape index (κ3) is 2.22. The highest BCUT2D eigenvalue weighted by Crippen LogP contribution is 2.17. The summed E-state index contributed by atoms with van der Waals surface area (Å²) in [5.74, 6) is 1.80. The van der Waals surface area contributed by atoms with Gasteiger partial charge in [0, 0.05) is 13.6 Å². The fraction of sp³-hybridized carbons (Fsp3) is 0.267. The Balaban J connectivity index is 1.96. The standard InChI is InChI=1S/C15H17N5/c1-3-20-13-7-5-4-6-12(13)17-15(20)10-11-8-9-14(16-2)19-18-11/h4-9H,3,10H2,1-2H3,(H,16,19). The minimum atomic E-state index is 0.694. The monoisotopic (exact) mass is 267 g/mol. The summed E-state index contributed by atoms with van der Waals surface area (Å²) in [6.45, 7) is 3.03. The zero-order chi connectivity index (χ0) is 13.9. The van der Waals surface area contributed by atoms with Gasteiger partial charge in [0.1, 0.15) is 11.6 Å². The Labute approximate surface area is 117 Å². The molecule has 0 aliphatic rings. The molecule has 5 heteroatoms. The SMILES string of the molecule is CCn1c(Cc2ccc(NC)nn2)nc2ccccc21. The zero-order valence-electron chi connectivity index (χ0n) is 11.7. The van der Waals surface area contributed by atoms with Crippen LogP contribution in [0.3, 0.4) is 0 Å². The predicted octanol–water partition coefficient (Wildman–Crippen LogP) is 2.48. The molecular weight excluding hydrogens is 250 g/mol. The van der Waals surface area contributed by atoms with Crippen molar-refractivity contribution in [3.63, 3.8) is 0 Å². The number of anilines is 1. The van der Waals surface area contributed by atoms with Crippen LogP contribution in [0.5, 0.6) is 0 Å². The smallest absolute Gasteiger partial charge is 0.148 e. The minimum Gasteiger partial charge on any atom is -0.372 e. The molecule has 3 rings (SSSR count). The number of aromatic nitrogens is 4. The van der Waals surface area contributed by atoms with Gasteiger partial charge in [-0.15, -0.1) is 5.10 Å². The molecule has 0 radical (unpaired) electrons. The average molecular weight is 267 g/mol. The lowest BCUT2D eigenvalue weighted by Gasteiger charge is -2.05. The van der Waals surface area contributed by atoms with E-state index in [1.54, 1.807) is 0 Å². The van der Waals surface area contributed by atoms with Gasteiger partial charge in [-0.1, -0.05) is 12.1 Å². The Hall–Kier alpha value is -2.43. The van der Waals surface area contributed by atoms with Crippen LogP contribution in [0.4, 0.5) is 5.82 Å². The van der Waals surface area contributed by atoms with Crippen LogP contribution in [0.25, 0.3) is 11.0 Å². The molecule has 1 N–H and O–H groups in total. The van der Waals surface area contributed by atoms with Crippen LogP contribution in [-0.4, -0.2) is 26.8 Å². The van der Waals surface area contributed by atoms with Crippen molar-refractivity contribution in [2.45, 2.75) is 19.9 Å². The van der Waals surface area contributed by atoms with Gasteiger partial charge in [0.05, 0.1) is 23.1 Å². The van der Waals surface area contributed by atoms with Gasteiger partial charge in [0.25, 0.3) is 0 Å². The van der Waals surface area contributed by atoms with E-state index >= 15 is 0 Å². The van der Waals surface area contributed by atoms with Crippen LogP contribution in [0.15, 0.2) is 36.4 Å². The third-order valence-electron chi connectivity index (χ3n) is 3.36. The van der Waals surface area contributed by atoms with Gasteiger partial charge >= 0.3 is 0 Å². The normalized spacial score (nSPS) is 10.9. The van der Waals surface area contributed by atoms with Crippen molar-refractivity contribution in [3.8, 4) is 0 Å². The first-order valence-corrected chi connectivity index (χ1v) is 6.76. The second-order valence-corrected chi connectivity index (χ2v) is 4.60. The van der Waals surface area contributed by atoms with E-state index in [1.165, 1.54) is 5.52 Å². The van der Waals surface area contributed by atoms with Gasteiger partial charge in [0.15, 0.2) is 0 Å². The summed E-state index contributed by atoms with van der Waals surface area (Å²) in [4.78, 5) is 4.70. The first kappa shape index (κ1) is 12.6. The van der Waals surface area contributed by atoms with E-state index in [1.807, 2.05) is 37.4 Å². The summed E-state index contributed by atoms with van der Waals surface area (Å²) in [5.41, 5.74) is 3.13. The number of nitrogens with one attached hydrogen (secondary N) is 1. The molecule has 0 unspecified atom stereocenters. The van der Waals surface area contributed by atoms with Gasteiger partial charge < -0.3 is 9.88 Å². The maximum atomic E-state index is 4.70. The topological polar surface area (TPSA) is 55.6 Å². The second-order valence-electron chi connectivity index (χ2n) is 4.60. The second kappa shape index (κ2) is 5.28. The molecule has 2 aromatic heterocycles. The molecule has 0 fully saturated rings. The zero-order valence-corrected chi connectivity index (χ0v) is 11.7. The van der Waals surface area contributed by atoms with Crippen molar-refractivity contribution in [1.29, 1.82) is 0 Å². The summed E-state index contributed by atoms with van der Waals surface area (Å²) < 4.78 is 2.23. The minimum absolute atomic E-state index is 0.694. The quantitative estimate of drug-likeness (QED) is 0.789.